The molecule has 1 aliphatic heterocycles. The van der Waals surface area contributed by atoms with Crippen LogP contribution in [0, 0.1) is 18.3 Å². The first-order chi connectivity index (χ1) is 9.79. The van der Waals surface area contributed by atoms with Crippen LogP contribution in [0.1, 0.15) is 29.0 Å². The molecule has 0 amide bonds. The topological polar surface area (TPSA) is 39.9 Å². The van der Waals surface area contributed by atoms with Gasteiger partial charge >= 0.3 is 0 Å². The van der Waals surface area contributed by atoms with Crippen LogP contribution in [0.5, 0.6) is 0 Å². The van der Waals surface area contributed by atoms with E-state index in [2.05, 4.69) is 40.2 Å². The van der Waals surface area contributed by atoms with Gasteiger partial charge in [0.25, 0.3) is 0 Å². The van der Waals surface area contributed by atoms with Crippen molar-refractivity contribution in [1.29, 1.82) is 5.26 Å². The SMILES string of the molecule is Cc1ccnc(N2CCC(c3ccccc3)C2)c1C#N. The second kappa shape index (κ2) is 5.34. The molecule has 0 N–H and O–H groups in total. The van der Waals surface area contributed by atoms with Gasteiger partial charge in [-0.1, -0.05) is 30.3 Å². The van der Waals surface area contributed by atoms with Gasteiger partial charge in [-0.05, 0) is 30.5 Å². The number of benzene rings is 1. The van der Waals surface area contributed by atoms with Gasteiger partial charge < -0.3 is 4.90 Å². The van der Waals surface area contributed by atoms with E-state index in [4.69, 9.17) is 0 Å². The van der Waals surface area contributed by atoms with Crippen molar-refractivity contribution in [2.75, 3.05) is 18.0 Å². The second-order valence-electron chi connectivity index (χ2n) is 5.28. The highest BCUT2D eigenvalue weighted by Crippen LogP contribution is 2.31. The van der Waals surface area contributed by atoms with Crippen molar-refractivity contribution in [2.45, 2.75) is 19.3 Å². The number of hydrogen-bond donors (Lipinski definition) is 0. The van der Waals surface area contributed by atoms with Gasteiger partial charge in [0.05, 0.1) is 5.56 Å². The summed E-state index contributed by atoms with van der Waals surface area (Å²) in [7, 11) is 0. The Labute approximate surface area is 119 Å². The van der Waals surface area contributed by atoms with Gasteiger partial charge in [0.2, 0.25) is 0 Å². The molecule has 0 saturated carbocycles. The molecule has 3 rings (SSSR count). The summed E-state index contributed by atoms with van der Waals surface area (Å²) in [5.41, 5.74) is 3.09. The van der Waals surface area contributed by atoms with Crippen LogP contribution < -0.4 is 4.90 Å². The molecule has 1 fully saturated rings. The monoisotopic (exact) mass is 263 g/mol. The third-order valence-electron chi connectivity index (χ3n) is 4.01. The Kier molecular flexibility index (Phi) is 3.39. The van der Waals surface area contributed by atoms with E-state index in [1.165, 1.54) is 5.56 Å². The van der Waals surface area contributed by atoms with Crippen molar-refractivity contribution < 1.29 is 0 Å². The highest BCUT2D eigenvalue weighted by atomic mass is 15.2. The lowest BCUT2D eigenvalue weighted by Gasteiger charge is -2.19. The van der Waals surface area contributed by atoms with Crippen LogP contribution in [0.25, 0.3) is 0 Å². The molecule has 0 radical (unpaired) electrons. The van der Waals surface area contributed by atoms with E-state index in [0.717, 1.165) is 30.9 Å². The molecule has 0 aliphatic carbocycles. The Morgan fingerprint density at radius 3 is 2.80 bits per heavy atom. The summed E-state index contributed by atoms with van der Waals surface area (Å²) >= 11 is 0. The lowest BCUT2D eigenvalue weighted by Crippen LogP contribution is -2.21. The number of nitriles is 1. The Morgan fingerprint density at radius 1 is 1.25 bits per heavy atom. The van der Waals surface area contributed by atoms with Crippen molar-refractivity contribution in [3.05, 3.63) is 59.3 Å². The molecule has 20 heavy (non-hydrogen) atoms. The van der Waals surface area contributed by atoms with Crippen LogP contribution in [0.3, 0.4) is 0 Å². The Bertz CT molecular complexity index is 643. The van der Waals surface area contributed by atoms with Crippen molar-refractivity contribution in [1.82, 2.24) is 4.98 Å². The maximum atomic E-state index is 9.33. The van der Waals surface area contributed by atoms with Gasteiger partial charge in [0.1, 0.15) is 11.9 Å². The van der Waals surface area contributed by atoms with E-state index in [-0.39, 0.29) is 0 Å². The standard InChI is InChI=1S/C17H17N3/c1-13-7-9-19-17(16(13)11-18)20-10-8-15(12-20)14-5-3-2-4-6-14/h2-7,9,15H,8,10,12H2,1H3. The Hall–Kier alpha value is -2.34. The lowest BCUT2D eigenvalue weighted by atomic mass is 9.99. The summed E-state index contributed by atoms with van der Waals surface area (Å²) in [6.07, 6.45) is 2.91. The maximum absolute atomic E-state index is 9.33. The summed E-state index contributed by atoms with van der Waals surface area (Å²) in [5.74, 6) is 1.37. The molecular weight excluding hydrogens is 246 g/mol. The first-order valence-corrected chi connectivity index (χ1v) is 6.95. The van der Waals surface area contributed by atoms with Gasteiger partial charge in [-0.25, -0.2) is 4.98 Å². The highest BCUT2D eigenvalue weighted by Gasteiger charge is 2.26. The average molecular weight is 263 g/mol. The molecule has 1 aliphatic rings. The molecule has 1 aromatic carbocycles. The highest BCUT2D eigenvalue weighted by molar-refractivity contribution is 5.58. The number of aromatic nitrogens is 1. The zero-order valence-electron chi connectivity index (χ0n) is 11.6. The normalized spacial score (nSPS) is 18.0. The molecule has 2 heterocycles. The van der Waals surface area contributed by atoms with Crippen molar-refractivity contribution in [3.8, 4) is 6.07 Å². The number of nitrogens with zero attached hydrogens (tertiary/aromatic N) is 3. The zero-order chi connectivity index (χ0) is 13.9. The van der Waals surface area contributed by atoms with Crippen LogP contribution in [0.2, 0.25) is 0 Å². The minimum absolute atomic E-state index is 0.532. The fourth-order valence-corrected chi connectivity index (χ4v) is 2.87. The second-order valence-corrected chi connectivity index (χ2v) is 5.28. The number of aryl methyl sites for hydroxylation is 1. The smallest absolute Gasteiger partial charge is 0.146 e. The summed E-state index contributed by atoms with van der Waals surface area (Å²) in [5, 5.41) is 9.33. The van der Waals surface area contributed by atoms with Crippen LogP contribution in [-0.4, -0.2) is 18.1 Å². The first-order valence-electron chi connectivity index (χ1n) is 6.95. The average Bonchev–Trinajstić information content (AvgIpc) is 2.97. The fraction of sp³-hybridized carbons (Fsp3) is 0.294. The summed E-state index contributed by atoms with van der Waals surface area (Å²) in [6, 6.07) is 14.8. The van der Waals surface area contributed by atoms with Gasteiger partial charge in [0, 0.05) is 25.2 Å². The molecule has 1 aromatic heterocycles. The molecule has 2 aromatic rings. The molecule has 3 nitrogen and oxygen atoms in total. The Morgan fingerprint density at radius 2 is 2.05 bits per heavy atom. The summed E-state index contributed by atoms with van der Waals surface area (Å²) < 4.78 is 0. The zero-order valence-corrected chi connectivity index (χ0v) is 11.6. The number of hydrogen-bond acceptors (Lipinski definition) is 3. The summed E-state index contributed by atoms with van der Waals surface area (Å²) in [6.45, 7) is 3.87. The minimum Gasteiger partial charge on any atom is -0.355 e. The third kappa shape index (κ3) is 2.25. The van der Waals surface area contributed by atoms with Gasteiger partial charge in [-0.15, -0.1) is 0 Å². The first kappa shape index (κ1) is 12.7. The van der Waals surface area contributed by atoms with E-state index in [1.807, 2.05) is 19.1 Å². The van der Waals surface area contributed by atoms with E-state index in [9.17, 15) is 5.26 Å². The van der Waals surface area contributed by atoms with Gasteiger partial charge in [-0.2, -0.15) is 5.26 Å². The van der Waals surface area contributed by atoms with Crippen molar-refractivity contribution in [3.63, 3.8) is 0 Å². The molecule has 1 unspecified atom stereocenters. The Balaban J connectivity index is 1.85. The van der Waals surface area contributed by atoms with Crippen LogP contribution in [0.4, 0.5) is 5.82 Å². The molecule has 1 saturated heterocycles. The lowest BCUT2D eigenvalue weighted by molar-refractivity contribution is 0.774. The third-order valence-corrected chi connectivity index (χ3v) is 4.01. The number of anilines is 1. The van der Waals surface area contributed by atoms with E-state index in [0.29, 0.717) is 11.5 Å². The molecular formula is C17H17N3. The maximum Gasteiger partial charge on any atom is 0.146 e. The largest absolute Gasteiger partial charge is 0.355 e. The molecule has 3 heteroatoms. The fourth-order valence-electron chi connectivity index (χ4n) is 2.87. The minimum atomic E-state index is 0.532. The molecule has 100 valence electrons. The van der Waals surface area contributed by atoms with Crippen LogP contribution in [-0.2, 0) is 0 Å². The molecule has 0 bridgehead atoms. The summed E-state index contributed by atoms with van der Waals surface area (Å²) in [4.78, 5) is 6.66. The van der Waals surface area contributed by atoms with Gasteiger partial charge in [0.15, 0.2) is 0 Å². The molecule has 0 spiro atoms. The van der Waals surface area contributed by atoms with Crippen LogP contribution >= 0.6 is 0 Å². The van der Waals surface area contributed by atoms with Crippen molar-refractivity contribution >= 4 is 5.82 Å². The van der Waals surface area contributed by atoms with Gasteiger partial charge in [-0.3, -0.25) is 0 Å². The predicted molar refractivity (Wildman–Crippen MR) is 79.7 cm³/mol. The number of pyridine rings is 1. The van der Waals surface area contributed by atoms with Crippen molar-refractivity contribution in [2.24, 2.45) is 0 Å². The molecule has 1 atom stereocenters. The van der Waals surface area contributed by atoms with E-state index >= 15 is 0 Å². The number of rotatable bonds is 2. The van der Waals surface area contributed by atoms with E-state index in [1.54, 1.807) is 6.20 Å². The van der Waals surface area contributed by atoms with E-state index < -0.39 is 0 Å². The quantitative estimate of drug-likeness (QED) is 0.835. The van der Waals surface area contributed by atoms with Crippen LogP contribution in [0.15, 0.2) is 42.6 Å². The predicted octanol–water partition coefficient (Wildman–Crippen LogP) is 3.26.